The zero-order valence-corrected chi connectivity index (χ0v) is 13.3. The van der Waals surface area contributed by atoms with Crippen molar-refractivity contribution in [3.63, 3.8) is 0 Å². The molecule has 0 unspecified atom stereocenters. The fourth-order valence-electron chi connectivity index (χ4n) is 2.54. The van der Waals surface area contributed by atoms with Gasteiger partial charge in [0.05, 0.1) is 0 Å². The number of aromatic nitrogens is 2. The van der Waals surface area contributed by atoms with Crippen molar-refractivity contribution < 1.29 is 0 Å². The van der Waals surface area contributed by atoms with E-state index >= 15 is 0 Å². The highest BCUT2D eigenvalue weighted by molar-refractivity contribution is 6.30. The van der Waals surface area contributed by atoms with Gasteiger partial charge in [-0.05, 0) is 36.7 Å². The normalized spacial score (nSPS) is 15.4. The summed E-state index contributed by atoms with van der Waals surface area (Å²) in [6.45, 7) is 5.60. The van der Waals surface area contributed by atoms with Gasteiger partial charge in [-0.1, -0.05) is 17.7 Å². The summed E-state index contributed by atoms with van der Waals surface area (Å²) in [5, 5.41) is 1.08. The third-order valence-electron chi connectivity index (χ3n) is 3.59. The van der Waals surface area contributed by atoms with Gasteiger partial charge in [0, 0.05) is 48.6 Å². The maximum absolute atomic E-state index is 6.05. The van der Waals surface area contributed by atoms with Crippen molar-refractivity contribution in [1.82, 2.24) is 9.97 Å². The Morgan fingerprint density at radius 2 is 1.67 bits per heavy atom. The number of hydrogen-bond acceptors (Lipinski definition) is 4. The van der Waals surface area contributed by atoms with Crippen molar-refractivity contribution in [3.05, 3.63) is 46.3 Å². The van der Waals surface area contributed by atoms with Crippen LogP contribution in [0.1, 0.15) is 5.69 Å². The van der Waals surface area contributed by atoms with E-state index < -0.39 is 0 Å². The monoisotopic (exact) mass is 322 g/mol. The molecule has 2 heterocycles. The molecule has 1 aromatic heterocycles. The van der Waals surface area contributed by atoms with Crippen LogP contribution in [-0.4, -0.2) is 36.1 Å². The summed E-state index contributed by atoms with van der Waals surface area (Å²) in [6, 6.07) is 9.95. The van der Waals surface area contributed by atoms with Gasteiger partial charge in [-0.15, -0.1) is 0 Å². The lowest BCUT2D eigenvalue weighted by atomic mass is 10.2. The maximum Gasteiger partial charge on any atom is 0.224 e. The highest BCUT2D eigenvalue weighted by atomic mass is 35.5. The Balaban J connectivity index is 1.70. The van der Waals surface area contributed by atoms with Gasteiger partial charge in [-0.2, -0.15) is 0 Å². The largest absolute Gasteiger partial charge is 0.368 e. The lowest BCUT2D eigenvalue weighted by Gasteiger charge is -2.36. The third kappa shape index (κ3) is 3.39. The van der Waals surface area contributed by atoms with E-state index in [-0.39, 0.29) is 0 Å². The van der Waals surface area contributed by atoms with Crippen LogP contribution in [0.3, 0.4) is 0 Å². The van der Waals surface area contributed by atoms with Crippen LogP contribution in [0.15, 0.2) is 30.3 Å². The van der Waals surface area contributed by atoms with Gasteiger partial charge < -0.3 is 9.80 Å². The highest BCUT2D eigenvalue weighted by Crippen LogP contribution is 2.23. The predicted molar refractivity (Wildman–Crippen MR) is 87.7 cm³/mol. The average molecular weight is 323 g/mol. The Bertz CT molecular complexity index is 619. The lowest BCUT2D eigenvalue weighted by molar-refractivity contribution is 0.646. The first kappa shape index (κ1) is 14.4. The van der Waals surface area contributed by atoms with Crippen LogP contribution in [0.25, 0.3) is 0 Å². The van der Waals surface area contributed by atoms with Crippen LogP contribution in [-0.2, 0) is 0 Å². The summed E-state index contributed by atoms with van der Waals surface area (Å²) in [5.41, 5.74) is 2.06. The molecule has 0 bridgehead atoms. The predicted octanol–water partition coefficient (Wildman–Crippen LogP) is 3.42. The number of piperazine rings is 1. The summed E-state index contributed by atoms with van der Waals surface area (Å²) in [6.07, 6.45) is 0. The molecule has 1 fully saturated rings. The van der Waals surface area contributed by atoms with Crippen molar-refractivity contribution in [2.45, 2.75) is 6.92 Å². The molecule has 0 atom stereocenters. The van der Waals surface area contributed by atoms with Gasteiger partial charge in [0.2, 0.25) is 5.28 Å². The minimum absolute atomic E-state index is 0.308. The molecule has 6 heteroatoms. The molecule has 0 N–H and O–H groups in total. The minimum Gasteiger partial charge on any atom is -0.368 e. The average Bonchev–Trinajstić information content (AvgIpc) is 2.46. The van der Waals surface area contributed by atoms with E-state index in [0.717, 1.165) is 42.7 Å². The number of rotatable bonds is 2. The summed E-state index contributed by atoms with van der Waals surface area (Å²) in [5.74, 6) is 0.901. The molecular weight excluding hydrogens is 307 g/mol. The zero-order chi connectivity index (χ0) is 14.8. The van der Waals surface area contributed by atoms with E-state index in [2.05, 4.69) is 25.8 Å². The smallest absolute Gasteiger partial charge is 0.224 e. The first-order valence-corrected chi connectivity index (χ1v) is 7.64. The Kier molecular flexibility index (Phi) is 4.17. The molecule has 0 saturated carbocycles. The number of benzene rings is 1. The van der Waals surface area contributed by atoms with Gasteiger partial charge >= 0.3 is 0 Å². The van der Waals surface area contributed by atoms with Gasteiger partial charge in [0.25, 0.3) is 0 Å². The molecule has 0 aliphatic carbocycles. The molecule has 21 heavy (non-hydrogen) atoms. The van der Waals surface area contributed by atoms with E-state index in [0.29, 0.717) is 5.28 Å². The minimum atomic E-state index is 0.308. The fraction of sp³-hybridized carbons (Fsp3) is 0.333. The van der Waals surface area contributed by atoms with Crippen LogP contribution >= 0.6 is 23.2 Å². The Morgan fingerprint density at radius 1 is 0.952 bits per heavy atom. The molecule has 0 radical (unpaired) electrons. The van der Waals surface area contributed by atoms with Gasteiger partial charge in [-0.3, -0.25) is 0 Å². The van der Waals surface area contributed by atoms with E-state index in [1.54, 1.807) is 0 Å². The van der Waals surface area contributed by atoms with Crippen molar-refractivity contribution in [2.75, 3.05) is 36.0 Å². The second kappa shape index (κ2) is 6.08. The molecule has 3 rings (SSSR count). The SMILES string of the molecule is Cc1cc(N2CCN(c3cccc(Cl)c3)CC2)nc(Cl)n1. The standard InChI is InChI=1S/C15H16Cl2N4/c1-11-9-14(19-15(17)18-11)21-7-5-20(6-8-21)13-4-2-3-12(16)10-13/h2-4,9-10H,5-8H2,1H3. The molecule has 4 nitrogen and oxygen atoms in total. The first-order valence-electron chi connectivity index (χ1n) is 6.88. The highest BCUT2D eigenvalue weighted by Gasteiger charge is 2.19. The van der Waals surface area contributed by atoms with Gasteiger partial charge in [-0.25, -0.2) is 9.97 Å². The molecule has 0 spiro atoms. The van der Waals surface area contributed by atoms with Gasteiger partial charge in [0.1, 0.15) is 5.82 Å². The molecule has 110 valence electrons. The van der Waals surface area contributed by atoms with Crippen LogP contribution < -0.4 is 9.80 Å². The zero-order valence-electron chi connectivity index (χ0n) is 11.8. The number of nitrogens with zero attached hydrogens (tertiary/aromatic N) is 4. The Labute approximate surface area is 134 Å². The van der Waals surface area contributed by atoms with Crippen LogP contribution in [0.5, 0.6) is 0 Å². The summed E-state index contributed by atoms with van der Waals surface area (Å²) in [7, 11) is 0. The molecule has 1 aliphatic rings. The van der Waals surface area contributed by atoms with E-state index in [1.165, 1.54) is 5.69 Å². The van der Waals surface area contributed by atoms with E-state index in [4.69, 9.17) is 23.2 Å². The van der Waals surface area contributed by atoms with E-state index in [1.807, 2.05) is 31.2 Å². The summed E-state index contributed by atoms with van der Waals surface area (Å²) >= 11 is 12.0. The van der Waals surface area contributed by atoms with Crippen LogP contribution in [0.2, 0.25) is 10.3 Å². The van der Waals surface area contributed by atoms with E-state index in [9.17, 15) is 0 Å². The number of halogens is 2. The number of aryl methyl sites for hydroxylation is 1. The van der Waals surface area contributed by atoms with Crippen LogP contribution in [0.4, 0.5) is 11.5 Å². The molecule has 0 amide bonds. The Hall–Kier alpha value is -1.52. The molecule has 2 aromatic rings. The maximum atomic E-state index is 6.05. The second-order valence-electron chi connectivity index (χ2n) is 5.09. The third-order valence-corrected chi connectivity index (χ3v) is 3.99. The van der Waals surface area contributed by atoms with Crippen molar-refractivity contribution in [1.29, 1.82) is 0 Å². The Morgan fingerprint density at radius 3 is 2.33 bits per heavy atom. The lowest BCUT2D eigenvalue weighted by Crippen LogP contribution is -2.46. The summed E-state index contributed by atoms with van der Waals surface area (Å²) in [4.78, 5) is 13.0. The topological polar surface area (TPSA) is 32.3 Å². The fourth-order valence-corrected chi connectivity index (χ4v) is 2.95. The molecular formula is C15H16Cl2N4. The summed E-state index contributed by atoms with van der Waals surface area (Å²) < 4.78 is 0. The molecule has 1 aromatic carbocycles. The second-order valence-corrected chi connectivity index (χ2v) is 5.87. The molecule has 1 saturated heterocycles. The van der Waals surface area contributed by atoms with Crippen molar-refractivity contribution in [3.8, 4) is 0 Å². The van der Waals surface area contributed by atoms with Crippen molar-refractivity contribution in [2.24, 2.45) is 0 Å². The van der Waals surface area contributed by atoms with Gasteiger partial charge in [0.15, 0.2) is 0 Å². The molecule has 1 aliphatic heterocycles. The van der Waals surface area contributed by atoms with Crippen molar-refractivity contribution >= 4 is 34.7 Å². The number of anilines is 2. The van der Waals surface area contributed by atoms with Crippen LogP contribution in [0, 0.1) is 6.92 Å². The quantitative estimate of drug-likeness (QED) is 0.793. The first-order chi connectivity index (χ1) is 10.1. The number of hydrogen-bond donors (Lipinski definition) is 0.